The molecule has 0 fully saturated rings. The van der Waals surface area contributed by atoms with Gasteiger partial charge in [-0.3, -0.25) is 4.98 Å². The van der Waals surface area contributed by atoms with Gasteiger partial charge in [-0.1, -0.05) is 42.5 Å². The van der Waals surface area contributed by atoms with Crippen LogP contribution < -0.4 is 10.5 Å². The number of rotatable bonds is 1. The van der Waals surface area contributed by atoms with Crippen LogP contribution in [0.4, 0.5) is 0 Å². The standard InChI is InChI=1S/C19H13N3O/c20-10-14-17(12-6-2-1-3-7-12)15-11-22-16-9-5-4-8-13(16)18(15)23-19(14)21/h1-9,11,17H,21H2. The number of hydrogen-bond donors (Lipinski definition) is 1. The van der Waals surface area contributed by atoms with Crippen molar-refractivity contribution in [1.82, 2.24) is 4.98 Å². The monoisotopic (exact) mass is 299 g/mol. The van der Waals surface area contributed by atoms with Crippen molar-refractivity contribution in [2.75, 3.05) is 0 Å². The average molecular weight is 299 g/mol. The van der Waals surface area contributed by atoms with E-state index in [1.54, 1.807) is 6.20 Å². The van der Waals surface area contributed by atoms with Gasteiger partial charge in [0.1, 0.15) is 17.4 Å². The molecule has 4 heteroatoms. The zero-order valence-electron chi connectivity index (χ0n) is 12.2. The van der Waals surface area contributed by atoms with Crippen LogP contribution in [0.1, 0.15) is 17.0 Å². The first kappa shape index (κ1) is 13.4. The summed E-state index contributed by atoms with van der Waals surface area (Å²) >= 11 is 0. The largest absolute Gasteiger partial charge is 0.439 e. The maximum absolute atomic E-state index is 9.54. The van der Waals surface area contributed by atoms with Crippen LogP contribution in [0.25, 0.3) is 10.9 Å². The molecule has 0 aliphatic carbocycles. The molecule has 0 amide bonds. The summed E-state index contributed by atoms with van der Waals surface area (Å²) in [5, 5.41) is 10.4. The Labute approximate surface area is 133 Å². The van der Waals surface area contributed by atoms with E-state index >= 15 is 0 Å². The molecule has 2 heterocycles. The Morgan fingerprint density at radius 3 is 2.57 bits per heavy atom. The predicted octanol–water partition coefficient (Wildman–Crippen LogP) is 3.45. The van der Waals surface area contributed by atoms with Crippen molar-refractivity contribution in [1.29, 1.82) is 5.26 Å². The first-order valence-electron chi connectivity index (χ1n) is 7.30. The second-order valence-electron chi connectivity index (χ2n) is 5.40. The molecule has 1 unspecified atom stereocenters. The van der Waals surface area contributed by atoms with E-state index in [9.17, 15) is 5.26 Å². The SMILES string of the molecule is N#CC1=C(N)Oc2c(cnc3ccccc23)C1c1ccccc1. The highest BCUT2D eigenvalue weighted by Gasteiger charge is 2.31. The predicted molar refractivity (Wildman–Crippen MR) is 87.5 cm³/mol. The van der Waals surface area contributed by atoms with Crippen molar-refractivity contribution in [3.05, 3.63) is 83.4 Å². The molecule has 23 heavy (non-hydrogen) atoms. The average Bonchev–Trinajstić information content (AvgIpc) is 2.61. The fourth-order valence-electron chi connectivity index (χ4n) is 3.03. The lowest BCUT2D eigenvalue weighted by Crippen LogP contribution is -2.21. The Hall–Kier alpha value is -3.32. The molecule has 4 nitrogen and oxygen atoms in total. The quantitative estimate of drug-likeness (QED) is 0.747. The van der Waals surface area contributed by atoms with Crippen LogP contribution in [0, 0.1) is 11.3 Å². The van der Waals surface area contributed by atoms with E-state index < -0.39 is 0 Å². The number of nitrogens with zero attached hydrogens (tertiary/aromatic N) is 2. The van der Waals surface area contributed by atoms with E-state index in [-0.39, 0.29) is 11.8 Å². The van der Waals surface area contributed by atoms with E-state index in [1.807, 2.05) is 54.6 Å². The molecule has 2 N–H and O–H groups in total. The summed E-state index contributed by atoms with van der Waals surface area (Å²) in [5.74, 6) is 0.577. The summed E-state index contributed by atoms with van der Waals surface area (Å²) in [4.78, 5) is 4.51. The fraction of sp³-hybridized carbons (Fsp3) is 0.0526. The van der Waals surface area contributed by atoms with E-state index in [0.29, 0.717) is 11.3 Å². The molecule has 0 saturated carbocycles. The highest BCUT2D eigenvalue weighted by atomic mass is 16.5. The smallest absolute Gasteiger partial charge is 0.205 e. The first-order chi connectivity index (χ1) is 11.3. The summed E-state index contributed by atoms with van der Waals surface area (Å²) in [5.41, 5.74) is 9.15. The Balaban J connectivity index is 2.03. The molecule has 110 valence electrons. The number of fused-ring (bicyclic) bond motifs is 3. The number of hydrogen-bond acceptors (Lipinski definition) is 4. The molecule has 3 aromatic rings. The molecule has 1 aliphatic heterocycles. The van der Waals surface area contributed by atoms with Crippen LogP contribution >= 0.6 is 0 Å². The normalized spacial score (nSPS) is 16.6. The summed E-state index contributed by atoms with van der Waals surface area (Å²) in [6.07, 6.45) is 1.78. The third-order valence-corrected chi connectivity index (χ3v) is 4.08. The van der Waals surface area contributed by atoms with Gasteiger partial charge in [0.25, 0.3) is 0 Å². The summed E-state index contributed by atoms with van der Waals surface area (Å²) in [6, 6.07) is 19.8. The molecule has 1 atom stereocenters. The third-order valence-electron chi connectivity index (χ3n) is 4.08. The van der Waals surface area contributed by atoms with Crippen molar-refractivity contribution in [2.24, 2.45) is 5.73 Å². The molecule has 2 aromatic carbocycles. The number of benzene rings is 2. The lowest BCUT2D eigenvalue weighted by atomic mass is 9.84. The first-order valence-corrected chi connectivity index (χ1v) is 7.30. The second-order valence-corrected chi connectivity index (χ2v) is 5.40. The van der Waals surface area contributed by atoms with Crippen molar-refractivity contribution >= 4 is 10.9 Å². The van der Waals surface area contributed by atoms with Gasteiger partial charge < -0.3 is 10.5 Å². The van der Waals surface area contributed by atoms with Gasteiger partial charge in [0.05, 0.1) is 11.4 Å². The van der Waals surface area contributed by atoms with Crippen LogP contribution in [0.15, 0.2) is 72.3 Å². The van der Waals surface area contributed by atoms with Gasteiger partial charge in [0.2, 0.25) is 5.88 Å². The highest BCUT2D eigenvalue weighted by molar-refractivity contribution is 5.87. The summed E-state index contributed by atoms with van der Waals surface area (Å²) < 4.78 is 5.80. The van der Waals surface area contributed by atoms with Crippen LogP contribution in [0.5, 0.6) is 5.75 Å². The Morgan fingerprint density at radius 2 is 1.78 bits per heavy atom. The van der Waals surface area contributed by atoms with E-state index in [0.717, 1.165) is 22.0 Å². The topological polar surface area (TPSA) is 71.9 Å². The van der Waals surface area contributed by atoms with Gasteiger partial charge in [-0.15, -0.1) is 0 Å². The van der Waals surface area contributed by atoms with Gasteiger partial charge in [-0.2, -0.15) is 5.26 Å². The van der Waals surface area contributed by atoms with Crippen molar-refractivity contribution in [2.45, 2.75) is 5.92 Å². The number of allylic oxidation sites excluding steroid dienone is 1. The van der Waals surface area contributed by atoms with E-state index in [1.165, 1.54) is 0 Å². The zero-order valence-corrected chi connectivity index (χ0v) is 12.2. The van der Waals surface area contributed by atoms with Crippen LogP contribution in [0.2, 0.25) is 0 Å². The minimum Gasteiger partial charge on any atom is -0.439 e. The summed E-state index contributed by atoms with van der Waals surface area (Å²) in [7, 11) is 0. The lowest BCUT2D eigenvalue weighted by Gasteiger charge is -2.27. The summed E-state index contributed by atoms with van der Waals surface area (Å²) in [6.45, 7) is 0. The number of ether oxygens (including phenoxy) is 1. The van der Waals surface area contributed by atoms with E-state index in [2.05, 4.69) is 11.1 Å². The Bertz CT molecular complexity index is 971. The van der Waals surface area contributed by atoms with Gasteiger partial charge in [-0.05, 0) is 17.7 Å². The van der Waals surface area contributed by atoms with Crippen molar-refractivity contribution in [3.63, 3.8) is 0 Å². The number of aromatic nitrogens is 1. The van der Waals surface area contributed by atoms with E-state index in [4.69, 9.17) is 10.5 Å². The van der Waals surface area contributed by atoms with Crippen molar-refractivity contribution < 1.29 is 4.74 Å². The molecular weight excluding hydrogens is 286 g/mol. The highest BCUT2D eigenvalue weighted by Crippen LogP contribution is 2.44. The minimum atomic E-state index is -0.262. The number of pyridine rings is 1. The van der Waals surface area contributed by atoms with Crippen LogP contribution in [-0.2, 0) is 0 Å². The number of nitrogens with two attached hydrogens (primary N) is 1. The maximum atomic E-state index is 9.54. The molecule has 0 radical (unpaired) electrons. The van der Waals surface area contributed by atoms with Crippen molar-refractivity contribution in [3.8, 4) is 11.8 Å². The molecule has 0 bridgehead atoms. The van der Waals surface area contributed by atoms with Gasteiger partial charge >= 0.3 is 0 Å². The minimum absolute atomic E-state index is 0.158. The molecule has 4 rings (SSSR count). The molecule has 0 spiro atoms. The van der Waals surface area contributed by atoms with Gasteiger partial charge in [0.15, 0.2) is 0 Å². The Morgan fingerprint density at radius 1 is 1.04 bits per heavy atom. The Kier molecular flexibility index (Phi) is 2.99. The lowest BCUT2D eigenvalue weighted by molar-refractivity contribution is 0.398. The van der Waals surface area contributed by atoms with Crippen LogP contribution in [-0.4, -0.2) is 4.98 Å². The van der Waals surface area contributed by atoms with Gasteiger partial charge in [0, 0.05) is 17.1 Å². The van der Waals surface area contributed by atoms with Gasteiger partial charge in [-0.25, -0.2) is 0 Å². The molecule has 0 saturated heterocycles. The molecule has 1 aliphatic rings. The second kappa shape index (κ2) is 5.15. The third kappa shape index (κ3) is 2.02. The number of nitriles is 1. The zero-order chi connectivity index (χ0) is 15.8. The molecular formula is C19H13N3O. The fourth-order valence-corrected chi connectivity index (χ4v) is 3.03. The molecule has 1 aromatic heterocycles. The van der Waals surface area contributed by atoms with Crippen LogP contribution in [0.3, 0.4) is 0 Å². The number of para-hydroxylation sites is 1. The maximum Gasteiger partial charge on any atom is 0.205 e.